The molecule has 0 bridgehead atoms. The zero-order valence-electron chi connectivity index (χ0n) is 14.8. The second-order valence-corrected chi connectivity index (χ2v) is 8.85. The molecule has 0 radical (unpaired) electrons. The zero-order valence-corrected chi connectivity index (χ0v) is 15.6. The van der Waals surface area contributed by atoms with Gasteiger partial charge in [0.1, 0.15) is 0 Å². The number of amides is 1. The van der Waals surface area contributed by atoms with Crippen LogP contribution in [0.25, 0.3) is 0 Å². The molecule has 1 aliphatic heterocycles. The minimum Gasteiger partial charge on any atom is -0.469 e. The maximum absolute atomic E-state index is 12.8. The van der Waals surface area contributed by atoms with Crippen molar-refractivity contribution in [3.63, 3.8) is 0 Å². The first-order valence-corrected chi connectivity index (χ1v) is 9.69. The smallest absolute Gasteiger partial charge is 0.310 e. The van der Waals surface area contributed by atoms with Crippen LogP contribution in [0.2, 0.25) is 0 Å². The molecule has 2 atom stereocenters. The predicted octanol–water partition coefficient (Wildman–Crippen LogP) is 1.65. The van der Waals surface area contributed by atoms with Crippen molar-refractivity contribution in [1.29, 1.82) is 0 Å². The molecule has 1 saturated heterocycles. The summed E-state index contributed by atoms with van der Waals surface area (Å²) in [5.41, 5.74) is 0.968. The quantitative estimate of drug-likeness (QED) is 0.767. The van der Waals surface area contributed by atoms with E-state index in [0.29, 0.717) is 24.2 Å². The number of hydrogen-bond donors (Lipinski definition) is 2. The van der Waals surface area contributed by atoms with Gasteiger partial charge in [0.05, 0.1) is 23.2 Å². The number of methoxy groups -OCH3 is 1. The Balaban J connectivity index is 2.59. The first-order chi connectivity index (χ1) is 11.7. The van der Waals surface area contributed by atoms with Gasteiger partial charge in [-0.15, -0.1) is 0 Å². The van der Waals surface area contributed by atoms with Gasteiger partial charge in [0.25, 0.3) is 0 Å². The third-order valence-electron chi connectivity index (χ3n) is 4.32. The van der Waals surface area contributed by atoms with E-state index < -0.39 is 27.0 Å². The highest BCUT2D eigenvalue weighted by molar-refractivity contribution is 7.92. The van der Waals surface area contributed by atoms with E-state index in [9.17, 15) is 18.0 Å². The molecule has 0 spiro atoms. The maximum Gasteiger partial charge on any atom is 0.310 e. The van der Waals surface area contributed by atoms with E-state index in [1.54, 1.807) is 26.0 Å². The molecular formula is C17H24N2O5S. The molecule has 138 valence electrons. The Bertz CT molecular complexity index is 773. The monoisotopic (exact) mass is 368 g/mol. The van der Waals surface area contributed by atoms with Gasteiger partial charge in [-0.1, -0.05) is 0 Å². The van der Waals surface area contributed by atoms with Crippen molar-refractivity contribution in [1.82, 2.24) is 5.32 Å². The standard InChI is InChI=1S/C17H24N2O5S/c1-10(2)25(22,23)15-6-5-12(19-11(3)20)9-14(15)16-13(7-8-18-16)17(21)24-4/h5-6,9-10,13,16,18H,7-8H2,1-4H3,(H,19,20)/t13-,16+/m1/s1. The molecule has 8 heteroatoms. The summed E-state index contributed by atoms with van der Waals surface area (Å²) in [7, 11) is -2.23. The lowest BCUT2D eigenvalue weighted by molar-refractivity contribution is -0.145. The molecule has 2 N–H and O–H groups in total. The Morgan fingerprint density at radius 1 is 1.32 bits per heavy atom. The van der Waals surface area contributed by atoms with Crippen molar-refractivity contribution < 1.29 is 22.7 Å². The van der Waals surface area contributed by atoms with Crippen LogP contribution in [-0.2, 0) is 24.2 Å². The summed E-state index contributed by atoms with van der Waals surface area (Å²) in [6.45, 7) is 5.18. The summed E-state index contributed by atoms with van der Waals surface area (Å²) in [6, 6.07) is 4.19. The zero-order chi connectivity index (χ0) is 18.8. The van der Waals surface area contributed by atoms with E-state index in [4.69, 9.17) is 4.74 Å². The topological polar surface area (TPSA) is 102 Å². The number of rotatable bonds is 5. The molecule has 1 aromatic carbocycles. The van der Waals surface area contributed by atoms with Crippen LogP contribution in [0.15, 0.2) is 23.1 Å². The molecule has 1 heterocycles. The summed E-state index contributed by atoms with van der Waals surface area (Å²) in [4.78, 5) is 23.6. The van der Waals surface area contributed by atoms with Crippen LogP contribution in [0.3, 0.4) is 0 Å². The molecule has 25 heavy (non-hydrogen) atoms. The molecule has 1 aliphatic rings. The third kappa shape index (κ3) is 4.01. The fraction of sp³-hybridized carbons (Fsp3) is 0.529. The highest BCUT2D eigenvalue weighted by Gasteiger charge is 2.38. The number of nitrogens with one attached hydrogen (secondary N) is 2. The molecule has 7 nitrogen and oxygen atoms in total. The fourth-order valence-electron chi connectivity index (χ4n) is 3.02. The molecule has 0 unspecified atom stereocenters. The average Bonchev–Trinajstić information content (AvgIpc) is 3.02. The molecule has 0 saturated carbocycles. The maximum atomic E-state index is 12.8. The van der Waals surface area contributed by atoms with Crippen LogP contribution in [0.4, 0.5) is 5.69 Å². The number of carbonyl (C=O) groups is 2. The molecule has 0 aliphatic carbocycles. The Labute approximate surface area is 148 Å². The van der Waals surface area contributed by atoms with Crippen LogP contribution in [0, 0.1) is 5.92 Å². The van der Waals surface area contributed by atoms with Crippen LogP contribution in [0.5, 0.6) is 0 Å². The summed E-state index contributed by atoms with van der Waals surface area (Å²) in [5, 5.41) is 5.25. The van der Waals surface area contributed by atoms with Gasteiger partial charge in [-0.3, -0.25) is 9.59 Å². The Kier molecular flexibility index (Phi) is 5.84. The third-order valence-corrected chi connectivity index (χ3v) is 6.54. The normalized spacial score (nSPS) is 20.5. The van der Waals surface area contributed by atoms with Gasteiger partial charge < -0.3 is 15.4 Å². The lowest BCUT2D eigenvalue weighted by Crippen LogP contribution is -2.27. The van der Waals surface area contributed by atoms with E-state index in [0.717, 1.165) is 0 Å². The summed E-state index contributed by atoms with van der Waals surface area (Å²) < 4.78 is 30.4. The predicted molar refractivity (Wildman–Crippen MR) is 93.9 cm³/mol. The second-order valence-electron chi connectivity index (χ2n) is 6.38. The summed E-state index contributed by atoms with van der Waals surface area (Å²) in [5.74, 6) is -1.11. The first kappa shape index (κ1) is 19.4. The molecule has 1 fully saturated rings. The van der Waals surface area contributed by atoms with Crippen molar-refractivity contribution in [3.8, 4) is 0 Å². The lowest BCUT2D eigenvalue weighted by Gasteiger charge is -2.23. The van der Waals surface area contributed by atoms with Crippen LogP contribution >= 0.6 is 0 Å². The van der Waals surface area contributed by atoms with Gasteiger partial charge in [0.2, 0.25) is 5.91 Å². The van der Waals surface area contributed by atoms with E-state index in [2.05, 4.69) is 10.6 Å². The lowest BCUT2D eigenvalue weighted by atomic mass is 9.94. The van der Waals surface area contributed by atoms with E-state index in [1.165, 1.54) is 20.1 Å². The van der Waals surface area contributed by atoms with Crippen LogP contribution in [-0.4, -0.2) is 39.2 Å². The molecule has 0 aromatic heterocycles. The van der Waals surface area contributed by atoms with Gasteiger partial charge >= 0.3 is 5.97 Å². The highest BCUT2D eigenvalue weighted by Crippen LogP contribution is 2.36. The van der Waals surface area contributed by atoms with Crippen LogP contribution < -0.4 is 10.6 Å². The van der Waals surface area contributed by atoms with E-state index in [1.807, 2.05) is 0 Å². The molecule has 1 aromatic rings. The van der Waals surface area contributed by atoms with Crippen LogP contribution in [0.1, 0.15) is 38.8 Å². The number of hydrogen-bond acceptors (Lipinski definition) is 6. The first-order valence-electron chi connectivity index (χ1n) is 8.15. The summed E-state index contributed by atoms with van der Waals surface area (Å²) in [6.07, 6.45) is 0.558. The summed E-state index contributed by atoms with van der Waals surface area (Å²) >= 11 is 0. The second kappa shape index (κ2) is 7.53. The van der Waals surface area contributed by atoms with Crippen molar-refractivity contribution in [2.75, 3.05) is 19.0 Å². The average molecular weight is 368 g/mol. The Morgan fingerprint density at radius 2 is 2.00 bits per heavy atom. The number of benzene rings is 1. The largest absolute Gasteiger partial charge is 0.469 e. The minimum absolute atomic E-state index is 0.171. The number of sulfone groups is 1. The van der Waals surface area contributed by atoms with Gasteiger partial charge in [-0.2, -0.15) is 0 Å². The van der Waals surface area contributed by atoms with Gasteiger partial charge in [0.15, 0.2) is 9.84 Å². The van der Waals surface area contributed by atoms with Gasteiger partial charge in [-0.05, 0) is 50.6 Å². The fourth-order valence-corrected chi connectivity index (χ4v) is 4.30. The van der Waals surface area contributed by atoms with Gasteiger partial charge in [0, 0.05) is 18.7 Å². The van der Waals surface area contributed by atoms with Crippen molar-refractivity contribution >= 4 is 27.4 Å². The number of carbonyl (C=O) groups excluding carboxylic acids is 2. The van der Waals surface area contributed by atoms with Crippen molar-refractivity contribution in [3.05, 3.63) is 23.8 Å². The highest BCUT2D eigenvalue weighted by atomic mass is 32.2. The number of esters is 1. The Hall–Kier alpha value is -1.93. The molecule has 2 rings (SSSR count). The molecular weight excluding hydrogens is 344 g/mol. The minimum atomic E-state index is -3.55. The SMILES string of the molecule is COC(=O)[C@@H]1CCN[C@@H]1c1cc(NC(C)=O)ccc1S(=O)(=O)C(C)C. The Morgan fingerprint density at radius 3 is 2.56 bits per heavy atom. The number of ether oxygens (including phenoxy) is 1. The van der Waals surface area contributed by atoms with Crippen molar-refractivity contribution in [2.45, 2.75) is 43.4 Å². The molecule has 1 amide bonds. The van der Waals surface area contributed by atoms with Crippen molar-refractivity contribution in [2.24, 2.45) is 5.92 Å². The van der Waals surface area contributed by atoms with Gasteiger partial charge in [-0.25, -0.2) is 8.42 Å². The van der Waals surface area contributed by atoms with E-state index in [-0.39, 0.29) is 16.8 Å². The van der Waals surface area contributed by atoms with E-state index >= 15 is 0 Å². The number of anilines is 1.